The Morgan fingerprint density at radius 1 is 1.17 bits per heavy atom. The Hall–Kier alpha value is -2.15. The highest BCUT2D eigenvalue weighted by atomic mass is 16.3. The number of piperidine rings is 1. The lowest BCUT2D eigenvalue weighted by Crippen LogP contribution is -2.43. The second-order valence-electron chi connectivity index (χ2n) is 6.46. The molecule has 1 aliphatic rings. The molecule has 2 heterocycles. The van der Waals surface area contributed by atoms with E-state index < -0.39 is 0 Å². The lowest BCUT2D eigenvalue weighted by Gasteiger charge is -2.33. The van der Waals surface area contributed by atoms with E-state index in [2.05, 4.69) is 46.0 Å². The van der Waals surface area contributed by atoms with Gasteiger partial charge in [0.15, 0.2) is 0 Å². The Balaban J connectivity index is 1.78. The highest BCUT2D eigenvalue weighted by Gasteiger charge is 2.23. The summed E-state index contributed by atoms with van der Waals surface area (Å²) in [7, 11) is 0. The van der Waals surface area contributed by atoms with Crippen LogP contribution in [-0.4, -0.2) is 40.2 Å². The fourth-order valence-electron chi connectivity index (χ4n) is 3.01. The van der Waals surface area contributed by atoms with Crippen molar-refractivity contribution in [3.63, 3.8) is 0 Å². The fourth-order valence-corrected chi connectivity index (χ4v) is 3.01. The van der Waals surface area contributed by atoms with Crippen LogP contribution in [0.2, 0.25) is 0 Å². The van der Waals surface area contributed by atoms with Crippen LogP contribution >= 0.6 is 0 Å². The van der Waals surface area contributed by atoms with Crippen molar-refractivity contribution >= 4 is 0 Å². The normalized spacial score (nSPS) is 17.1. The summed E-state index contributed by atoms with van der Waals surface area (Å²) in [4.78, 5) is 6.77. The lowest BCUT2D eigenvalue weighted by atomic mass is 10.0. The van der Waals surface area contributed by atoms with Crippen molar-refractivity contribution in [2.45, 2.75) is 38.3 Å². The molecule has 24 heavy (non-hydrogen) atoms. The maximum atomic E-state index is 9.76. The van der Waals surface area contributed by atoms with Gasteiger partial charge in [0.25, 0.3) is 0 Å². The molecule has 3 nitrogen and oxygen atoms in total. The molecule has 0 unspecified atom stereocenters. The Morgan fingerprint density at radius 3 is 2.58 bits per heavy atom. The molecule has 1 saturated heterocycles. The molecule has 1 atom stereocenters. The molecule has 0 radical (unpaired) electrons. The number of rotatable bonds is 3. The van der Waals surface area contributed by atoms with Gasteiger partial charge in [-0.15, -0.1) is 0 Å². The number of likely N-dealkylation sites (tertiary alicyclic amines) is 1. The van der Waals surface area contributed by atoms with Crippen molar-refractivity contribution < 1.29 is 5.11 Å². The standard InChI is InChI=1S/C21H24N2O/c1-17-7-8-19(22-16-17)9-10-20(15-18-5-3-2-4-6-18)23-13-11-21(24)12-14-23/h2-8,16,20-21,24H,11-15H2,1H3/t20-/m0/s1. The number of pyridine rings is 1. The highest BCUT2D eigenvalue weighted by molar-refractivity contribution is 5.31. The predicted octanol–water partition coefficient (Wildman–Crippen LogP) is 2.81. The Labute approximate surface area is 144 Å². The zero-order valence-corrected chi connectivity index (χ0v) is 14.2. The average molecular weight is 320 g/mol. The molecule has 0 saturated carbocycles. The first-order valence-corrected chi connectivity index (χ1v) is 8.61. The fraction of sp³-hybridized carbons (Fsp3) is 0.381. The van der Waals surface area contributed by atoms with E-state index in [0.717, 1.165) is 43.6 Å². The Kier molecular flexibility index (Phi) is 5.63. The minimum Gasteiger partial charge on any atom is -0.393 e. The number of aryl methyl sites for hydroxylation is 1. The zero-order valence-electron chi connectivity index (χ0n) is 14.2. The second-order valence-corrected chi connectivity index (χ2v) is 6.46. The van der Waals surface area contributed by atoms with Crippen molar-refractivity contribution in [3.05, 3.63) is 65.5 Å². The molecule has 3 rings (SSSR count). The van der Waals surface area contributed by atoms with Crippen LogP contribution in [0.15, 0.2) is 48.7 Å². The quantitative estimate of drug-likeness (QED) is 0.884. The van der Waals surface area contributed by atoms with Crippen LogP contribution < -0.4 is 0 Å². The van der Waals surface area contributed by atoms with Crippen LogP contribution in [-0.2, 0) is 6.42 Å². The summed E-state index contributed by atoms with van der Waals surface area (Å²) in [6.07, 6.45) is 4.25. The van der Waals surface area contributed by atoms with E-state index in [-0.39, 0.29) is 12.1 Å². The molecule has 1 aromatic heterocycles. The SMILES string of the molecule is Cc1ccc(C#C[C@@H](Cc2ccccc2)N2CCC(O)CC2)nc1. The first-order valence-electron chi connectivity index (χ1n) is 8.61. The van der Waals surface area contributed by atoms with Gasteiger partial charge in [-0.25, -0.2) is 4.98 Å². The molecule has 3 heteroatoms. The highest BCUT2D eigenvalue weighted by Crippen LogP contribution is 2.16. The van der Waals surface area contributed by atoms with Gasteiger partial charge in [0.05, 0.1) is 12.1 Å². The lowest BCUT2D eigenvalue weighted by molar-refractivity contribution is 0.0722. The summed E-state index contributed by atoms with van der Waals surface area (Å²) in [5, 5.41) is 9.76. The predicted molar refractivity (Wildman–Crippen MR) is 96.6 cm³/mol. The number of hydrogen-bond donors (Lipinski definition) is 1. The number of nitrogens with zero attached hydrogens (tertiary/aromatic N) is 2. The number of aliphatic hydroxyl groups is 1. The topological polar surface area (TPSA) is 36.4 Å². The van der Waals surface area contributed by atoms with Crippen molar-refractivity contribution in [1.29, 1.82) is 0 Å². The minimum atomic E-state index is -0.162. The summed E-state index contributed by atoms with van der Waals surface area (Å²) < 4.78 is 0. The first-order chi connectivity index (χ1) is 11.7. The van der Waals surface area contributed by atoms with Gasteiger partial charge in [-0.05, 0) is 49.3 Å². The largest absolute Gasteiger partial charge is 0.393 e. The first kappa shape index (κ1) is 16.7. The van der Waals surface area contributed by atoms with Crippen LogP contribution in [0.4, 0.5) is 0 Å². The molecule has 0 amide bonds. The molecular weight excluding hydrogens is 296 g/mol. The van der Waals surface area contributed by atoms with Gasteiger partial charge >= 0.3 is 0 Å². The zero-order chi connectivity index (χ0) is 16.8. The van der Waals surface area contributed by atoms with Gasteiger partial charge in [-0.1, -0.05) is 42.3 Å². The van der Waals surface area contributed by atoms with Crippen LogP contribution in [0.3, 0.4) is 0 Å². The third-order valence-electron chi connectivity index (χ3n) is 4.49. The van der Waals surface area contributed by atoms with E-state index in [1.807, 2.05) is 31.3 Å². The molecule has 0 bridgehead atoms. The number of benzene rings is 1. The molecule has 0 spiro atoms. The van der Waals surface area contributed by atoms with Crippen LogP contribution in [0.1, 0.15) is 29.7 Å². The Morgan fingerprint density at radius 2 is 1.92 bits per heavy atom. The van der Waals surface area contributed by atoms with Gasteiger partial charge < -0.3 is 5.11 Å². The van der Waals surface area contributed by atoms with Crippen molar-refractivity contribution in [3.8, 4) is 11.8 Å². The van der Waals surface area contributed by atoms with Gasteiger partial charge in [-0.2, -0.15) is 0 Å². The van der Waals surface area contributed by atoms with E-state index in [9.17, 15) is 5.11 Å². The monoisotopic (exact) mass is 320 g/mol. The molecule has 2 aromatic rings. The van der Waals surface area contributed by atoms with Gasteiger partial charge in [0.1, 0.15) is 5.69 Å². The van der Waals surface area contributed by atoms with Gasteiger partial charge in [0, 0.05) is 19.3 Å². The van der Waals surface area contributed by atoms with Gasteiger partial charge in [-0.3, -0.25) is 4.90 Å². The van der Waals surface area contributed by atoms with Crippen molar-refractivity contribution in [1.82, 2.24) is 9.88 Å². The van der Waals surface area contributed by atoms with Crippen LogP contribution in [0, 0.1) is 18.8 Å². The molecule has 124 valence electrons. The van der Waals surface area contributed by atoms with E-state index in [1.165, 1.54) is 5.56 Å². The maximum Gasteiger partial charge on any atom is 0.113 e. The van der Waals surface area contributed by atoms with E-state index >= 15 is 0 Å². The summed E-state index contributed by atoms with van der Waals surface area (Å²) in [6, 6.07) is 14.7. The summed E-state index contributed by atoms with van der Waals surface area (Å²) in [5.41, 5.74) is 3.25. The molecule has 1 aliphatic heterocycles. The summed E-state index contributed by atoms with van der Waals surface area (Å²) >= 11 is 0. The van der Waals surface area contributed by atoms with Crippen LogP contribution in [0.25, 0.3) is 0 Å². The third kappa shape index (κ3) is 4.67. The van der Waals surface area contributed by atoms with Crippen molar-refractivity contribution in [2.75, 3.05) is 13.1 Å². The minimum absolute atomic E-state index is 0.156. The molecular formula is C21H24N2O. The van der Waals surface area contributed by atoms with Gasteiger partial charge in [0.2, 0.25) is 0 Å². The van der Waals surface area contributed by atoms with E-state index in [4.69, 9.17) is 0 Å². The molecule has 0 aliphatic carbocycles. The van der Waals surface area contributed by atoms with Crippen LogP contribution in [0.5, 0.6) is 0 Å². The average Bonchev–Trinajstić information content (AvgIpc) is 2.62. The summed E-state index contributed by atoms with van der Waals surface area (Å²) in [6.45, 7) is 3.82. The number of hydrogen-bond acceptors (Lipinski definition) is 3. The number of aromatic nitrogens is 1. The Bertz CT molecular complexity index is 692. The summed E-state index contributed by atoms with van der Waals surface area (Å²) in [5.74, 6) is 6.66. The van der Waals surface area contributed by atoms with Crippen molar-refractivity contribution in [2.24, 2.45) is 0 Å². The molecule has 1 aromatic carbocycles. The number of aliphatic hydroxyl groups excluding tert-OH is 1. The van der Waals surface area contributed by atoms with E-state index in [1.54, 1.807) is 0 Å². The third-order valence-corrected chi connectivity index (χ3v) is 4.49. The molecule has 1 N–H and O–H groups in total. The molecule has 1 fully saturated rings. The van der Waals surface area contributed by atoms with E-state index in [0.29, 0.717) is 0 Å². The smallest absolute Gasteiger partial charge is 0.113 e. The maximum absolute atomic E-state index is 9.76. The second kappa shape index (κ2) is 8.10.